The summed E-state index contributed by atoms with van der Waals surface area (Å²) in [6, 6.07) is 9.32. The molecule has 0 aliphatic heterocycles. The molecule has 0 spiro atoms. The van der Waals surface area contributed by atoms with Crippen molar-refractivity contribution in [3.63, 3.8) is 0 Å². The molecule has 0 bridgehead atoms. The second kappa shape index (κ2) is 13.7. The van der Waals surface area contributed by atoms with Gasteiger partial charge in [0, 0.05) is 19.8 Å². The van der Waals surface area contributed by atoms with Crippen LogP contribution in [-0.2, 0) is 11.2 Å². The molecule has 25 heavy (non-hydrogen) atoms. The summed E-state index contributed by atoms with van der Waals surface area (Å²) < 4.78 is 5.44. The van der Waals surface area contributed by atoms with Crippen LogP contribution in [0, 0.1) is 0 Å². The van der Waals surface area contributed by atoms with Crippen LogP contribution < -0.4 is 0 Å². The Balaban J connectivity index is 1.92. The molecule has 2 nitrogen and oxygen atoms in total. The van der Waals surface area contributed by atoms with Gasteiger partial charge in [-0.05, 0) is 67.0 Å². The molecule has 0 radical (unpaired) electrons. The van der Waals surface area contributed by atoms with Crippen LogP contribution in [0.3, 0.4) is 0 Å². The summed E-state index contributed by atoms with van der Waals surface area (Å²) >= 11 is 0. The van der Waals surface area contributed by atoms with Gasteiger partial charge in [-0.15, -0.1) is 0 Å². The molecule has 0 saturated carbocycles. The van der Waals surface area contributed by atoms with E-state index in [1.54, 1.807) is 0 Å². The first-order valence-corrected chi connectivity index (χ1v) is 12.9. The number of hydrogen-bond acceptors (Lipinski definition) is 2. The van der Waals surface area contributed by atoms with E-state index < -0.39 is 10.0 Å². The molecule has 146 valence electrons. The molecule has 0 aliphatic rings. The Labute approximate surface area is 157 Å². The molecule has 0 amide bonds. The SMILES string of the molecule is CS(C)(C)c1ccc(CCCCCCCCCCOCCCO)cc1. The number of hydrogen-bond donors (Lipinski definition) is 1. The fraction of sp³-hybridized carbons (Fsp3) is 0.727. The van der Waals surface area contributed by atoms with Gasteiger partial charge >= 0.3 is 0 Å². The highest BCUT2D eigenvalue weighted by atomic mass is 32.3. The smallest absolute Gasteiger partial charge is 0.0487 e. The number of unbranched alkanes of at least 4 members (excludes halogenated alkanes) is 7. The fourth-order valence-corrected chi connectivity index (χ4v) is 3.88. The van der Waals surface area contributed by atoms with E-state index in [2.05, 4.69) is 43.0 Å². The first-order valence-electron chi connectivity index (χ1n) is 10.00. The number of aryl methyl sites for hydroxylation is 1. The van der Waals surface area contributed by atoms with E-state index in [1.807, 2.05) is 0 Å². The van der Waals surface area contributed by atoms with Crippen LogP contribution in [0.4, 0.5) is 0 Å². The van der Waals surface area contributed by atoms with Gasteiger partial charge in [0.25, 0.3) is 0 Å². The number of aliphatic hydroxyl groups excluding tert-OH is 1. The quantitative estimate of drug-likeness (QED) is 0.396. The number of ether oxygens (including phenoxy) is 1. The van der Waals surface area contributed by atoms with Crippen LogP contribution in [0.5, 0.6) is 0 Å². The Morgan fingerprint density at radius 2 is 1.24 bits per heavy atom. The van der Waals surface area contributed by atoms with Crippen molar-refractivity contribution in [1.29, 1.82) is 0 Å². The van der Waals surface area contributed by atoms with E-state index in [4.69, 9.17) is 9.84 Å². The Bertz CT molecular complexity index is 423. The topological polar surface area (TPSA) is 29.5 Å². The van der Waals surface area contributed by atoms with Crippen molar-refractivity contribution in [2.45, 2.75) is 69.1 Å². The zero-order chi connectivity index (χ0) is 18.4. The van der Waals surface area contributed by atoms with Crippen molar-refractivity contribution in [3.05, 3.63) is 29.8 Å². The third-order valence-electron chi connectivity index (χ3n) is 4.58. The molecule has 1 aromatic rings. The number of rotatable bonds is 15. The largest absolute Gasteiger partial charge is 0.396 e. The van der Waals surface area contributed by atoms with Crippen molar-refractivity contribution >= 4 is 10.0 Å². The highest BCUT2D eigenvalue weighted by Crippen LogP contribution is 2.44. The maximum atomic E-state index is 8.65. The third-order valence-corrected chi connectivity index (χ3v) is 6.27. The highest BCUT2D eigenvalue weighted by Gasteiger charge is 2.06. The van der Waals surface area contributed by atoms with E-state index in [0.717, 1.165) is 19.4 Å². The molecule has 0 atom stereocenters. The predicted molar refractivity (Wildman–Crippen MR) is 113 cm³/mol. The van der Waals surface area contributed by atoms with Crippen molar-refractivity contribution < 1.29 is 9.84 Å². The summed E-state index contributed by atoms with van der Waals surface area (Å²) in [4.78, 5) is 1.51. The lowest BCUT2D eigenvalue weighted by atomic mass is 10.0. The van der Waals surface area contributed by atoms with Gasteiger partial charge in [-0.1, -0.05) is 50.7 Å². The first kappa shape index (κ1) is 22.5. The molecule has 3 heteroatoms. The van der Waals surface area contributed by atoms with Gasteiger partial charge in [0.1, 0.15) is 0 Å². The van der Waals surface area contributed by atoms with Crippen molar-refractivity contribution in [3.8, 4) is 0 Å². The van der Waals surface area contributed by atoms with Crippen molar-refractivity contribution in [2.75, 3.05) is 38.6 Å². The lowest BCUT2D eigenvalue weighted by Gasteiger charge is -2.25. The second-order valence-electron chi connectivity index (χ2n) is 7.75. The Kier molecular flexibility index (Phi) is 12.3. The van der Waals surface area contributed by atoms with Gasteiger partial charge in [0.15, 0.2) is 0 Å². The molecule has 1 N–H and O–H groups in total. The molecule has 0 aliphatic carbocycles. The Morgan fingerprint density at radius 1 is 0.720 bits per heavy atom. The lowest BCUT2D eigenvalue weighted by Crippen LogP contribution is -1.98. The van der Waals surface area contributed by atoms with Crippen LogP contribution in [0.15, 0.2) is 29.2 Å². The van der Waals surface area contributed by atoms with E-state index >= 15 is 0 Å². The van der Waals surface area contributed by atoms with Crippen molar-refractivity contribution in [2.24, 2.45) is 0 Å². The Hall–Kier alpha value is -0.510. The molecule has 0 heterocycles. The first-order chi connectivity index (χ1) is 12.0. The zero-order valence-electron chi connectivity index (χ0n) is 16.8. The molecule has 1 rings (SSSR count). The minimum absolute atomic E-state index is 0.239. The summed E-state index contributed by atoms with van der Waals surface area (Å²) in [7, 11) is -0.586. The maximum absolute atomic E-state index is 8.65. The molecular weight excluding hydrogens is 328 g/mol. The summed E-state index contributed by atoms with van der Waals surface area (Å²) in [5, 5.41) is 8.65. The third kappa shape index (κ3) is 11.7. The predicted octanol–water partition coefficient (Wildman–Crippen LogP) is 5.80. The van der Waals surface area contributed by atoms with Gasteiger partial charge in [-0.2, -0.15) is 0 Å². The van der Waals surface area contributed by atoms with E-state index in [9.17, 15) is 0 Å². The average molecular weight is 369 g/mol. The molecular formula is C22H40O2S. The molecule has 1 aromatic carbocycles. The molecule has 0 unspecified atom stereocenters. The van der Waals surface area contributed by atoms with Crippen LogP contribution in [-0.4, -0.2) is 43.7 Å². The Morgan fingerprint density at radius 3 is 1.80 bits per heavy atom. The van der Waals surface area contributed by atoms with Gasteiger partial charge in [0.2, 0.25) is 0 Å². The standard InChI is InChI=1S/C22H40O2S/c1-25(2,3)22-16-14-21(15-17-22)13-10-8-6-4-5-7-9-11-19-24-20-12-18-23/h14-17,23H,4-13,18-20H2,1-3H3. The number of benzene rings is 1. The highest BCUT2D eigenvalue weighted by molar-refractivity contribution is 8.32. The minimum Gasteiger partial charge on any atom is -0.396 e. The van der Waals surface area contributed by atoms with E-state index in [-0.39, 0.29) is 6.61 Å². The van der Waals surface area contributed by atoms with E-state index in [1.165, 1.54) is 61.8 Å². The second-order valence-corrected chi connectivity index (χ2v) is 11.9. The van der Waals surface area contributed by atoms with E-state index in [0.29, 0.717) is 6.61 Å². The monoisotopic (exact) mass is 368 g/mol. The van der Waals surface area contributed by atoms with Crippen molar-refractivity contribution in [1.82, 2.24) is 0 Å². The zero-order valence-corrected chi connectivity index (χ0v) is 17.6. The lowest BCUT2D eigenvalue weighted by molar-refractivity contribution is 0.112. The normalized spacial score (nSPS) is 12.5. The van der Waals surface area contributed by atoms with Crippen LogP contribution in [0.25, 0.3) is 0 Å². The van der Waals surface area contributed by atoms with Gasteiger partial charge in [-0.25, -0.2) is 10.0 Å². The summed E-state index contributed by atoms with van der Waals surface area (Å²) in [6.45, 7) is 1.80. The molecule has 0 saturated heterocycles. The summed E-state index contributed by atoms with van der Waals surface area (Å²) in [5.41, 5.74) is 1.49. The maximum Gasteiger partial charge on any atom is 0.0487 e. The van der Waals surface area contributed by atoms with Gasteiger partial charge < -0.3 is 9.84 Å². The fourth-order valence-electron chi connectivity index (χ4n) is 2.93. The number of aliphatic hydroxyl groups is 1. The average Bonchev–Trinajstić information content (AvgIpc) is 2.58. The van der Waals surface area contributed by atoms with Crippen LogP contribution in [0.2, 0.25) is 0 Å². The van der Waals surface area contributed by atoms with Crippen LogP contribution in [0.1, 0.15) is 63.4 Å². The van der Waals surface area contributed by atoms with Gasteiger partial charge in [0.05, 0.1) is 0 Å². The summed E-state index contributed by atoms with van der Waals surface area (Å²) in [6.07, 6.45) is 19.6. The molecule has 0 aromatic heterocycles. The minimum atomic E-state index is -0.586. The van der Waals surface area contributed by atoms with Crippen LogP contribution >= 0.6 is 10.0 Å². The summed E-state index contributed by atoms with van der Waals surface area (Å²) in [5.74, 6) is 0. The molecule has 0 fully saturated rings. The van der Waals surface area contributed by atoms with Gasteiger partial charge in [-0.3, -0.25) is 0 Å².